The van der Waals surface area contributed by atoms with Crippen molar-refractivity contribution in [1.29, 1.82) is 0 Å². The molecule has 0 saturated carbocycles. The van der Waals surface area contributed by atoms with E-state index in [4.69, 9.17) is 12.2 Å². The first-order valence-electron chi connectivity index (χ1n) is 6.99. The highest BCUT2D eigenvalue weighted by atomic mass is 32.1. The van der Waals surface area contributed by atoms with Crippen LogP contribution < -0.4 is 10.6 Å². The van der Waals surface area contributed by atoms with Crippen LogP contribution in [0.2, 0.25) is 0 Å². The van der Waals surface area contributed by atoms with Crippen molar-refractivity contribution < 1.29 is 4.79 Å². The van der Waals surface area contributed by atoms with Crippen molar-refractivity contribution >= 4 is 29.1 Å². The van der Waals surface area contributed by atoms with Crippen molar-refractivity contribution in [3.8, 4) is 0 Å². The van der Waals surface area contributed by atoms with E-state index >= 15 is 0 Å². The second kappa shape index (κ2) is 6.27. The van der Waals surface area contributed by atoms with E-state index < -0.39 is 0 Å². The third-order valence-electron chi connectivity index (χ3n) is 3.15. The zero-order valence-corrected chi connectivity index (χ0v) is 14.0. The lowest BCUT2D eigenvalue weighted by molar-refractivity contribution is 0.0977. The molecule has 116 valence electrons. The molecule has 0 unspecified atom stereocenters. The van der Waals surface area contributed by atoms with Crippen molar-refractivity contribution in [2.75, 3.05) is 5.32 Å². The summed E-state index contributed by atoms with van der Waals surface area (Å²) in [5.41, 5.74) is 1.47. The molecule has 1 aromatic heterocycles. The molecule has 0 bridgehead atoms. The first-order valence-corrected chi connectivity index (χ1v) is 7.40. The van der Waals surface area contributed by atoms with Crippen LogP contribution in [0.5, 0.6) is 0 Å². The number of carbonyl (C=O) groups excluding carboxylic acids is 1. The number of amides is 1. The van der Waals surface area contributed by atoms with Gasteiger partial charge in [0, 0.05) is 24.1 Å². The van der Waals surface area contributed by atoms with Crippen LogP contribution in [0.15, 0.2) is 36.4 Å². The van der Waals surface area contributed by atoms with Gasteiger partial charge in [0.05, 0.1) is 5.69 Å². The van der Waals surface area contributed by atoms with Crippen molar-refractivity contribution in [2.45, 2.75) is 26.2 Å². The molecule has 1 aromatic carbocycles. The highest BCUT2D eigenvalue weighted by Gasteiger charge is 2.19. The van der Waals surface area contributed by atoms with Crippen LogP contribution in [-0.2, 0) is 12.5 Å². The van der Waals surface area contributed by atoms with E-state index in [9.17, 15) is 4.79 Å². The van der Waals surface area contributed by atoms with Gasteiger partial charge in [0.1, 0.15) is 5.82 Å². The van der Waals surface area contributed by atoms with Crippen molar-refractivity contribution in [3.63, 3.8) is 0 Å². The Morgan fingerprint density at radius 2 is 1.86 bits per heavy atom. The number of rotatable bonds is 2. The Labute approximate surface area is 135 Å². The van der Waals surface area contributed by atoms with Crippen LogP contribution in [0.25, 0.3) is 0 Å². The summed E-state index contributed by atoms with van der Waals surface area (Å²) < 4.78 is 1.71. The topological polar surface area (TPSA) is 59.0 Å². The van der Waals surface area contributed by atoms with Gasteiger partial charge in [-0.25, -0.2) is 0 Å². The number of nitrogens with zero attached hydrogens (tertiary/aromatic N) is 2. The Morgan fingerprint density at radius 1 is 1.23 bits per heavy atom. The number of aryl methyl sites for hydroxylation is 1. The van der Waals surface area contributed by atoms with E-state index in [0.29, 0.717) is 5.56 Å². The van der Waals surface area contributed by atoms with Crippen LogP contribution >= 0.6 is 12.2 Å². The second-order valence-corrected chi connectivity index (χ2v) is 6.47. The third-order valence-corrected chi connectivity index (χ3v) is 3.36. The van der Waals surface area contributed by atoms with Gasteiger partial charge < -0.3 is 5.32 Å². The number of benzene rings is 1. The summed E-state index contributed by atoms with van der Waals surface area (Å²) in [4.78, 5) is 12.0. The first kappa shape index (κ1) is 16.2. The van der Waals surface area contributed by atoms with Gasteiger partial charge in [-0.15, -0.1) is 0 Å². The number of anilines is 1. The number of carbonyl (C=O) groups is 1. The van der Waals surface area contributed by atoms with Gasteiger partial charge in [-0.1, -0.05) is 39.0 Å². The van der Waals surface area contributed by atoms with Gasteiger partial charge >= 0.3 is 0 Å². The number of hydrogen-bond acceptors (Lipinski definition) is 3. The van der Waals surface area contributed by atoms with E-state index in [1.807, 2.05) is 31.3 Å². The summed E-state index contributed by atoms with van der Waals surface area (Å²) in [6.07, 6.45) is 0. The average molecular weight is 316 g/mol. The molecule has 0 spiro atoms. The Hall–Kier alpha value is -2.21. The molecule has 0 aliphatic rings. The van der Waals surface area contributed by atoms with E-state index in [1.54, 1.807) is 16.8 Å². The van der Waals surface area contributed by atoms with Gasteiger partial charge in [-0.05, 0) is 24.4 Å². The minimum Gasteiger partial charge on any atom is -0.317 e. The molecular formula is C16H20N4OS. The minimum atomic E-state index is -0.240. The summed E-state index contributed by atoms with van der Waals surface area (Å²) >= 11 is 5.19. The average Bonchev–Trinajstić information content (AvgIpc) is 2.81. The lowest BCUT2D eigenvalue weighted by atomic mass is 9.92. The monoisotopic (exact) mass is 316 g/mol. The Morgan fingerprint density at radius 3 is 2.41 bits per heavy atom. The summed E-state index contributed by atoms with van der Waals surface area (Å²) in [5, 5.41) is 10.4. The maximum atomic E-state index is 12.0. The van der Waals surface area contributed by atoms with Crippen LogP contribution in [-0.4, -0.2) is 20.8 Å². The predicted octanol–water partition coefficient (Wildman–Crippen LogP) is 2.84. The molecule has 1 heterocycles. The predicted molar refractivity (Wildman–Crippen MR) is 92.0 cm³/mol. The largest absolute Gasteiger partial charge is 0.317 e. The summed E-state index contributed by atoms with van der Waals surface area (Å²) in [5.74, 6) is 0.500. The van der Waals surface area contributed by atoms with Gasteiger partial charge in [0.2, 0.25) is 0 Å². The van der Waals surface area contributed by atoms with Crippen molar-refractivity contribution in [1.82, 2.24) is 15.1 Å². The molecule has 1 amide bonds. The molecule has 5 nitrogen and oxygen atoms in total. The lowest BCUT2D eigenvalue weighted by Gasteiger charge is -2.13. The van der Waals surface area contributed by atoms with Gasteiger partial charge in [0.15, 0.2) is 5.11 Å². The van der Waals surface area contributed by atoms with E-state index in [0.717, 1.165) is 11.5 Å². The molecule has 22 heavy (non-hydrogen) atoms. The second-order valence-electron chi connectivity index (χ2n) is 6.06. The van der Waals surface area contributed by atoms with Gasteiger partial charge in [-0.2, -0.15) is 5.10 Å². The number of aromatic nitrogens is 2. The highest BCUT2D eigenvalue weighted by molar-refractivity contribution is 7.80. The zero-order chi connectivity index (χ0) is 16.3. The van der Waals surface area contributed by atoms with Crippen LogP contribution in [0, 0.1) is 0 Å². The standard InChI is InChI=1S/C16H20N4OS/c1-16(2,3)12-10-13(20(4)19-12)17-15(22)18-14(21)11-8-6-5-7-9-11/h5-10H,1-4H3,(H2,17,18,21,22). The molecule has 0 saturated heterocycles. The molecule has 6 heteroatoms. The number of thiocarbonyl (C=S) groups is 1. The van der Waals surface area contributed by atoms with Gasteiger partial charge in [0.25, 0.3) is 5.91 Å². The lowest BCUT2D eigenvalue weighted by Crippen LogP contribution is -2.34. The third kappa shape index (κ3) is 3.92. The molecule has 0 radical (unpaired) electrons. The molecular weight excluding hydrogens is 296 g/mol. The van der Waals surface area contributed by atoms with Crippen LogP contribution in [0.4, 0.5) is 5.82 Å². The van der Waals surface area contributed by atoms with E-state index in [2.05, 4.69) is 36.5 Å². The van der Waals surface area contributed by atoms with E-state index in [1.165, 1.54) is 0 Å². The maximum Gasteiger partial charge on any atom is 0.257 e. The summed E-state index contributed by atoms with van der Waals surface area (Å²) in [7, 11) is 1.83. The van der Waals surface area contributed by atoms with Crippen LogP contribution in [0.1, 0.15) is 36.8 Å². The number of nitrogens with one attached hydrogen (secondary N) is 2. The fraction of sp³-hybridized carbons (Fsp3) is 0.312. The highest BCUT2D eigenvalue weighted by Crippen LogP contribution is 2.23. The van der Waals surface area contributed by atoms with E-state index in [-0.39, 0.29) is 16.4 Å². The normalized spacial score (nSPS) is 11.1. The molecule has 2 rings (SSSR count). The Kier molecular flexibility index (Phi) is 4.61. The molecule has 2 aromatic rings. The van der Waals surface area contributed by atoms with Crippen molar-refractivity contribution in [2.24, 2.45) is 7.05 Å². The summed E-state index contributed by atoms with van der Waals surface area (Å²) in [6.45, 7) is 6.28. The van der Waals surface area contributed by atoms with Gasteiger partial charge in [-0.3, -0.25) is 14.8 Å². The molecule has 0 aliphatic heterocycles. The quantitative estimate of drug-likeness (QED) is 0.837. The smallest absolute Gasteiger partial charge is 0.257 e. The maximum absolute atomic E-state index is 12.0. The van der Waals surface area contributed by atoms with Crippen LogP contribution in [0.3, 0.4) is 0 Å². The first-order chi connectivity index (χ1) is 10.3. The molecule has 0 aliphatic carbocycles. The molecule has 2 N–H and O–H groups in total. The fourth-order valence-electron chi connectivity index (χ4n) is 1.86. The Balaban J connectivity index is 2.04. The molecule has 0 fully saturated rings. The molecule has 0 atom stereocenters. The SMILES string of the molecule is Cn1nc(C(C)(C)C)cc1NC(=S)NC(=O)c1ccccc1. The Bertz CT molecular complexity index is 686. The number of hydrogen-bond donors (Lipinski definition) is 2. The summed E-state index contributed by atoms with van der Waals surface area (Å²) in [6, 6.07) is 10.9. The zero-order valence-electron chi connectivity index (χ0n) is 13.2. The fourth-order valence-corrected chi connectivity index (χ4v) is 2.06. The minimum absolute atomic E-state index is 0.0490. The van der Waals surface area contributed by atoms with Crippen molar-refractivity contribution in [3.05, 3.63) is 47.7 Å².